The first-order valence-electron chi connectivity index (χ1n) is 8.03. The molecule has 1 heterocycles. The lowest BCUT2D eigenvalue weighted by Crippen LogP contribution is -2.49. The molecular formula is C17H19N3O4. The fourth-order valence-electron chi connectivity index (χ4n) is 2.69. The smallest absolute Gasteiger partial charge is 0.262 e. The number of hydrogen-bond donors (Lipinski definition) is 2. The van der Waals surface area contributed by atoms with Gasteiger partial charge in [-0.3, -0.25) is 24.1 Å². The van der Waals surface area contributed by atoms with Crippen molar-refractivity contribution in [1.29, 1.82) is 0 Å². The van der Waals surface area contributed by atoms with Crippen molar-refractivity contribution in [2.24, 2.45) is 5.92 Å². The predicted molar refractivity (Wildman–Crippen MR) is 85.1 cm³/mol. The molecule has 2 N–H and O–H groups in total. The molecule has 0 aromatic heterocycles. The fourth-order valence-corrected chi connectivity index (χ4v) is 2.69. The van der Waals surface area contributed by atoms with E-state index >= 15 is 0 Å². The number of imide groups is 1. The zero-order valence-electron chi connectivity index (χ0n) is 13.4. The Morgan fingerprint density at radius 1 is 1.08 bits per heavy atom. The van der Waals surface area contributed by atoms with Crippen LogP contribution in [0.3, 0.4) is 0 Å². The quantitative estimate of drug-likeness (QED) is 0.580. The summed E-state index contributed by atoms with van der Waals surface area (Å²) in [5.74, 6) is -1.21. The normalized spacial score (nSPS) is 17.5. The first-order chi connectivity index (χ1) is 11.5. The maximum Gasteiger partial charge on any atom is 0.262 e. The third-order valence-electron chi connectivity index (χ3n) is 4.26. The molecule has 1 unspecified atom stereocenters. The Balaban J connectivity index is 1.53. The molecule has 3 rings (SSSR count). The summed E-state index contributed by atoms with van der Waals surface area (Å²) in [4.78, 5) is 49.3. The van der Waals surface area contributed by atoms with Crippen molar-refractivity contribution >= 4 is 23.6 Å². The number of benzene rings is 1. The van der Waals surface area contributed by atoms with Crippen LogP contribution in [0.25, 0.3) is 0 Å². The van der Waals surface area contributed by atoms with E-state index in [9.17, 15) is 19.2 Å². The Labute approximate surface area is 139 Å². The van der Waals surface area contributed by atoms with E-state index in [0.717, 1.165) is 17.7 Å². The average Bonchev–Trinajstić information content (AvgIpc) is 3.39. The van der Waals surface area contributed by atoms with Gasteiger partial charge in [0.2, 0.25) is 11.8 Å². The van der Waals surface area contributed by atoms with E-state index in [1.165, 1.54) is 6.92 Å². The predicted octanol–water partition coefficient (Wildman–Crippen LogP) is 0.314. The van der Waals surface area contributed by atoms with E-state index in [0.29, 0.717) is 17.7 Å². The summed E-state index contributed by atoms with van der Waals surface area (Å²) in [6.45, 7) is 2.10. The summed E-state index contributed by atoms with van der Waals surface area (Å²) >= 11 is 0. The van der Waals surface area contributed by atoms with E-state index < -0.39 is 23.8 Å². The van der Waals surface area contributed by atoms with Crippen molar-refractivity contribution in [3.8, 4) is 0 Å². The summed E-state index contributed by atoms with van der Waals surface area (Å²) in [5.41, 5.74) is 0.637. The molecule has 7 heteroatoms. The Bertz CT molecular complexity index is 677. The van der Waals surface area contributed by atoms with Gasteiger partial charge in [0.15, 0.2) is 0 Å². The van der Waals surface area contributed by atoms with Gasteiger partial charge < -0.3 is 10.6 Å². The summed E-state index contributed by atoms with van der Waals surface area (Å²) < 4.78 is 0. The zero-order valence-corrected chi connectivity index (χ0v) is 13.4. The van der Waals surface area contributed by atoms with Crippen LogP contribution in [0.15, 0.2) is 24.3 Å². The van der Waals surface area contributed by atoms with Crippen LogP contribution in [0.5, 0.6) is 0 Å². The number of carbonyl (C=O) groups excluding carboxylic acids is 4. The highest BCUT2D eigenvalue weighted by Crippen LogP contribution is 2.28. The van der Waals surface area contributed by atoms with E-state index in [4.69, 9.17) is 0 Å². The average molecular weight is 329 g/mol. The van der Waals surface area contributed by atoms with Crippen LogP contribution < -0.4 is 10.6 Å². The highest BCUT2D eigenvalue weighted by atomic mass is 16.2. The van der Waals surface area contributed by atoms with Crippen LogP contribution in [0.1, 0.15) is 40.5 Å². The minimum Gasteiger partial charge on any atom is -0.354 e. The molecule has 0 radical (unpaired) electrons. The SMILES string of the molecule is CC(C(=O)NCCNC(=O)C1CC1)N1C(=O)c2ccccc2C1=O. The van der Waals surface area contributed by atoms with Crippen molar-refractivity contribution < 1.29 is 19.2 Å². The molecule has 1 aliphatic heterocycles. The molecule has 4 amide bonds. The monoisotopic (exact) mass is 329 g/mol. The van der Waals surface area contributed by atoms with E-state index in [2.05, 4.69) is 10.6 Å². The summed E-state index contributed by atoms with van der Waals surface area (Å²) in [6, 6.07) is 5.61. The van der Waals surface area contributed by atoms with Gasteiger partial charge in [-0.2, -0.15) is 0 Å². The Hall–Kier alpha value is -2.70. The van der Waals surface area contributed by atoms with Crippen LogP contribution in [0, 0.1) is 5.92 Å². The molecule has 0 saturated heterocycles. The summed E-state index contributed by atoms with van der Waals surface area (Å²) in [6.07, 6.45) is 1.85. The minimum atomic E-state index is -0.906. The van der Waals surface area contributed by atoms with Gasteiger partial charge in [-0.1, -0.05) is 12.1 Å². The Morgan fingerprint density at radius 2 is 1.62 bits per heavy atom. The van der Waals surface area contributed by atoms with Gasteiger partial charge in [0, 0.05) is 19.0 Å². The molecule has 1 saturated carbocycles. The maximum atomic E-state index is 12.3. The molecule has 1 aliphatic carbocycles. The van der Waals surface area contributed by atoms with Crippen molar-refractivity contribution in [2.45, 2.75) is 25.8 Å². The standard InChI is InChI=1S/C17H19N3O4/c1-10(14(21)18-8-9-19-15(22)11-6-7-11)20-16(23)12-4-2-3-5-13(12)17(20)24/h2-5,10-11H,6-9H2,1H3,(H,18,21)(H,19,22). The van der Waals surface area contributed by atoms with Crippen molar-refractivity contribution in [3.63, 3.8) is 0 Å². The van der Waals surface area contributed by atoms with Crippen LogP contribution in [0.2, 0.25) is 0 Å². The Morgan fingerprint density at radius 3 is 2.17 bits per heavy atom. The van der Waals surface area contributed by atoms with Crippen LogP contribution in [0.4, 0.5) is 0 Å². The number of carbonyl (C=O) groups is 4. The van der Waals surface area contributed by atoms with Crippen molar-refractivity contribution in [1.82, 2.24) is 15.5 Å². The molecule has 7 nitrogen and oxygen atoms in total. The molecule has 24 heavy (non-hydrogen) atoms. The third kappa shape index (κ3) is 3.02. The highest BCUT2D eigenvalue weighted by Gasteiger charge is 2.40. The molecule has 1 aromatic carbocycles. The molecule has 1 aromatic rings. The molecule has 2 aliphatic rings. The second kappa shape index (κ2) is 6.43. The van der Waals surface area contributed by atoms with Crippen LogP contribution >= 0.6 is 0 Å². The van der Waals surface area contributed by atoms with Gasteiger partial charge in [-0.25, -0.2) is 0 Å². The number of rotatable bonds is 6. The third-order valence-corrected chi connectivity index (χ3v) is 4.26. The number of nitrogens with one attached hydrogen (secondary N) is 2. The van der Waals surface area contributed by atoms with Crippen LogP contribution in [-0.2, 0) is 9.59 Å². The number of hydrogen-bond acceptors (Lipinski definition) is 4. The Kier molecular flexibility index (Phi) is 4.33. The van der Waals surface area contributed by atoms with Crippen LogP contribution in [-0.4, -0.2) is 47.7 Å². The van der Waals surface area contributed by atoms with E-state index in [1.807, 2.05) is 0 Å². The summed E-state index contributed by atoms with van der Waals surface area (Å²) in [7, 11) is 0. The van der Waals surface area contributed by atoms with Gasteiger partial charge in [0.05, 0.1) is 11.1 Å². The lowest BCUT2D eigenvalue weighted by atomic mass is 10.1. The minimum absolute atomic E-state index is 0.0117. The lowest BCUT2D eigenvalue weighted by molar-refractivity contribution is -0.125. The first-order valence-corrected chi connectivity index (χ1v) is 8.03. The number of amides is 4. The molecule has 0 bridgehead atoms. The lowest BCUT2D eigenvalue weighted by Gasteiger charge is -2.21. The number of nitrogens with zero attached hydrogens (tertiary/aromatic N) is 1. The van der Waals surface area contributed by atoms with Gasteiger partial charge in [-0.15, -0.1) is 0 Å². The molecular weight excluding hydrogens is 310 g/mol. The van der Waals surface area contributed by atoms with Crippen molar-refractivity contribution in [3.05, 3.63) is 35.4 Å². The van der Waals surface area contributed by atoms with Crippen molar-refractivity contribution in [2.75, 3.05) is 13.1 Å². The number of fused-ring (bicyclic) bond motifs is 1. The fraction of sp³-hybridized carbons (Fsp3) is 0.412. The molecule has 1 atom stereocenters. The highest BCUT2D eigenvalue weighted by molar-refractivity contribution is 6.22. The molecule has 0 spiro atoms. The zero-order chi connectivity index (χ0) is 17.3. The second-order valence-corrected chi connectivity index (χ2v) is 6.06. The first kappa shape index (κ1) is 16.2. The largest absolute Gasteiger partial charge is 0.354 e. The van der Waals surface area contributed by atoms with Gasteiger partial charge >= 0.3 is 0 Å². The van der Waals surface area contributed by atoms with Gasteiger partial charge in [0.25, 0.3) is 11.8 Å². The summed E-state index contributed by atoms with van der Waals surface area (Å²) in [5, 5.41) is 5.38. The maximum absolute atomic E-state index is 12.3. The van der Waals surface area contributed by atoms with Gasteiger partial charge in [-0.05, 0) is 31.9 Å². The molecule has 1 fully saturated rings. The molecule has 126 valence electrons. The van der Waals surface area contributed by atoms with Gasteiger partial charge in [0.1, 0.15) is 6.04 Å². The van der Waals surface area contributed by atoms with E-state index in [-0.39, 0.29) is 18.4 Å². The topological polar surface area (TPSA) is 95.6 Å². The van der Waals surface area contributed by atoms with E-state index in [1.54, 1.807) is 24.3 Å². The second-order valence-electron chi connectivity index (χ2n) is 6.06.